The monoisotopic (exact) mass is 295 g/mol. The first-order valence-electron chi connectivity index (χ1n) is 6.99. The largest absolute Gasteiger partial charge is 0.346 e. The van der Waals surface area contributed by atoms with Crippen molar-refractivity contribution in [2.45, 2.75) is 25.8 Å². The molecule has 0 aliphatic carbocycles. The number of piperidine rings is 1. The van der Waals surface area contributed by atoms with E-state index in [-0.39, 0.29) is 23.9 Å². The molecule has 0 bridgehead atoms. The van der Waals surface area contributed by atoms with Crippen LogP contribution in [0.15, 0.2) is 0 Å². The minimum atomic E-state index is -0.309. The maximum atomic E-state index is 12.3. The Morgan fingerprint density at radius 3 is 2.86 bits per heavy atom. The van der Waals surface area contributed by atoms with Gasteiger partial charge in [0.25, 0.3) is 0 Å². The molecule has 1 fully saturated rings. The van der Waals surface area contributed by atoms with E-state index in [2.05, 4.69) is 25.9 Å². The average Bonchev–Trinajstić information content (AvgIpc) is 3.00. The number of aromatic nitrogens is 4. The highest BCUT2D eigenvalue weighted by Crippen LogP contribution is 2.18. The van der Waals surface area contributed by atoms with Gasteiger partial charge in [0, 0.05) is 27.2 Å². The molecule has 0 spiro atoms. The predicted octanol–water partition coefficient (Wildman–Crippen LogP) is -0.229. The summed E-state index contributed by atoms with van der Waals surface area (Å²) >= 11 is 0. The molecular weight excluding hydrogens is 274 g/mol. The van der Waals surface area contributed by atoms with Crippen LogP contribution in [-0.4, -0.2) is 69.5 Å². The molecule has 1 aliphatic heterocycles. The highest BCUT2D eigenvalue weighted by molar-refractivity contribution is 5.81. The van der Waals surface area contributed by atoms with Gasteiger partial charge in [-0.05, 0) is 19.8 Å². The Hall–Kier alpha value is -2.19. The van der Waals surface area contributed by atoms with Gasteiger partial charge in [-0.25, -0.2) is 4.79 Å². The van der Waals surface area contributed by atoms with Crippen molar-refractivity contribution in [3.8, 4) is 0 Å². The summed E-state index contributed by atoms with van der Waals surface area (Å²) < 4.78 is 0. The Balaban J connectivity index is 1.91. The van der Waals surface area contributed by atoms with Crippen molar-refractivity contribution in [2.24, 2.45) is 5.92 Å². The molecule has 0 radical (unpaired) electrons. The molecule has 0 aromatic carbocycles. The second-order valence-electron chi connectivity index (χ2n) is 5.46. The smallest absolute Gasteiger partial charge is 0.319 e. The van der Waals surface area contributed by atoms with Gasteiger partial charge in [0.05, 0.1) is 12.0 Å². The minimum absolute atomic E-state index is 0.0567. The van der Waals surface area contributed by atoms with Gasteiger partial charge < -0.3 is 15.1 Å². The number of nitrogens with one attached hydrogen (secondary N) is 2. The van der Waals surface area contributed by atoms with Crippen LogP contribution in [0.5, 0.6) is 0 Å². The first-order chi connectivity index (χ1) is 9.99. The zero-order valence-corrected chi connectivity index (χ0v) is 12.5. The number of carbonyl (C=O) groups is 2. The van der Waals surface area contributed by atoms with E-state index in [0.717, 1.165) is 12.8 Å². The summed E-state index contributed by atoms with van der Waals surface area (Å²) in [6, 6.07) is -0.366. The maximum absolute atomic E-state index is 12.3. The van der Waals surface area contributed by atoms with Crippen molar-refractivity contribution in [3.63, 3.8) is 0 Å². The van der Waals surface area contributed by atoms with Gasteiger partial charge in [0.15, 0.2) is 5.82 Å². The van der Waals surface area contributed by atoms with Crippen LogP contribution in [-0.2, 0) is 4.79 Å². The molecule has 0 saturated carbocycles. The van der Waals surface area contributed by atoms with Gasteiger partial charge in [0.1, 0.15) is 0 Å². The van der Waals surface area contributed by atoms with Crippen molar-refractivity contribution in [1.29, 1.82) is 0 Å². The predicted molar refractivity (Wildman–Crippen MR) is 74.1 cm³/mol. The van der Waals surface area contributed by atoms with E-state index in [1.54, 1.807) is 25.9 Å². The van der Waals surface area contributed by atoms with Crippen molar-refractivity contribution in [2.75, 3.05) is 27.2 Å². The summed E-state index contributed by atoms with van der Waals surface area (Å²) in [7, 11) is 3.43. The van der Waals surface area contributed by atoms with Crippen molar-refractivity contribution >= 4 is 11.9 Å². The SMILES string of the molecule is CC(NC(=O)C1CCCN(C(=O)N(C)C)C1)c1nn[nH]n1. The Bertz CT molecular complexity index is 488. The Morgan fingerprint density at radius 2 is 2.24 bits per heavy atom. The molecule has 9 nitrogen and oxygen atoms in total. The summed E-state index contributed by atoms with van der Waals surface area (Å²) in [4.78, 5) is 27.5. The number of carbonyl (C=O) groups excluding carboxylic acids is 2. The lowest BCUT2D eigenvalue weighted by molar-refractivity contribution is -0.127. The maximum Gasteiger partial charge on any atom is 0.319 e. The lowest BCUT2D eigenvalue weighted by Crippen LogP contribution is -2.48. The first kappa shape index (κ1) is 15.2. The molecule has 2 N–H and O–H groups in total. The van der Waals surface area contributed by atoms with E-state index in [0.29, 0.717) is 18.9 Å². The molecule has 2 heterocycles. The Kier molecular flexibility index (Phi) is 4.71. The van der Waals surface area contributed by atoms with Gasteiger partial charge in [-0.1, -0.05) is 5.21 Å². The van der Waals surface area contributed by atoms with E-state index in [4.69, 9.17) is 0 Å². The number of amides is 3. The quantitative estimate of drug-likeness (QED) is 0.801. The number of aromatic amines is 1. The van der Waals surface area contributed by atoms with Crippen LogP contribution in [0.1, 0.15) is 31.6 Å². The second kappa shape index (κ2) is 6.51. The zero-order valence-electron chi connectivity index (χ0n) is 12.5. The van der Waals surface area contributed by atoms with Crippen LogP contribution in [0.4, 0.5) is 4.79 Å². The van der Waals surface area contributed by atoms with Gasteiger partial charge in [-0.2, -0.15) is 5.21 Å². The fraction of sp³-hybridized carbons (Fsp3) is 0.750. The van der Waals surface area contributed by atoms with E-state index < -0.39 is 0 Å². The average molecular weight is 295 g/mol. The van der Waals surface area contributed by atoms with Gasteiger partial charge >= 0.3 is 6.03 Å². The minimum Gasteiger partial charge on any atom is -0.346 e. The topological polar surface area (TPSA) is 107 Å². The summed E-state index contributed by atoms with van der Waals surface area (Å²) in [5.74, 6) is 0.168. The second-order valence-corrected chi connectivity index (χ2v) is 5.46. The number of nitrogens with zero attached hydrogens (tertiary/aromatic N) is 5. The zero-order chi connectivity index (χ0) is 15.4. The number of H-pyrrole nitrogens is 1. The van der Waals surface area contributed by atoms with E-state index in [1.807, 2.05) is 0 Å². The molecule has 1 aliphatic rings. The number of likely N-dealkylation sites (tertiary alicyclic amines) is 1. The third-order valence-corrected chi connectivity index (χ3v) is 3.55. The fourth-order valence-corrected chi connectivity index (χ4v) is 2.40. The van der Waals surface area contributed by atoms with Crippen LogP contribution in [0.25, 0.3) is 0 Å². The highest BCUT2D eigenvalue weighted by atomic mass is 16.2. The highest BCUT2D eigenvalue weighted by Gasteiger charge is 2.30. The lowest BCUT2D eigenvalue weighted by Gasteiger charge is -2.34. The van der Waals surface area contributed by atoms with Gasteiger partial charge in [-0.3, -0.25) is 4.79 Å². The normalized spacial score (nSPS) is 20.0. The van der Waals surface area contributed by atoms with Crippen molar-refractivity contribution in [1.82, 2.24) is 35.7 Å². The molecule has 3 amide bonds. The number of hydrogen-bond donors (Lipinski definition) is 2. The molecule has 2 unspecified atom stereocenters. The van der Waals surface area contributed by atoms with Crippen molar-refractivity contribution in [3.05, 3.63) is 5.82 Å². The molecule has 9 heteroatoms. The summed E-state index contributed by atoms with van der Waals surface area (Å²) in [5, 5.41) is 16.4. The standard InChI is InChI=1S/C12H21N7O2/c1-8(10-14-16-17-15-10)13-11(20)9-5-4-6-19(7-9)12(21)18(2)3/h8-9H,4-7H2,1-3H3,(H,13,20)(H,14,15,16,17). The third kappa shape index (κ3) is 3.67. The Morgan fingerprint density at radius 1 is 1.48 bits per heavy atom. The first-order valence-corrected chi connectivity index (χ1v) is 6.99. The van der Waals surface area contributed by atoms with E-state index in [1.165, 1.54) is 4.90 Å². The van der Waals surface area contributed by atoms with Gasteiger partial charge in [-0.15, -0.1) is 10.2 Å². The molecule has 2 atom stereocenters. The molecule has 116 valence electrons. The molecule has 1 saturated heterocycles. The van der Waals surface area contributed by atoms with Gasteiger partial charge in [0.2, 0.25) is 5.91 Å². The van der Waals surface area contributed by atoms with Crippen LogP contribution >= 0.6 is 0 Å². The van der Waals surface area contributed by atoms with E-state index in [9.17, 15) is 9.59 Å². The number of tetrazole rings is 1. The van der Waals surface area contributed by atoms with Crippen LogP contribution in [0.2, 0.25) is 0 Å². The van der Waals surface area contributed by atoms with Crippen LogP contribution in [0.3, 0.4) is 0 Å². The summed E-state index contributed by atoms with van der Waals surface area (Å²) in [5.41, 5.74) is 0. The molecular formula is C12H21N7O2. The third-order valence-electron chi connectivity index (χ3n) is 3.55. The number of urea groups is 1. The molecule has 1 aromatic heterocycles. The van der Waals surface area contributed by atoms with Crippen LogP contribution < -0.4 is 5.32 Å². The number of rotatable bonds is 3. The number of hydrogen-bond acceptors (Lipinski definition) is 5. The Labute approximate surface area is 123 Å². The summed E-state index contributed by atoms with van der Waals surface area (Å²) in [6.45, 7) is 2.94. The lowest BCUT2D eigenvalue weighted by atomic mass is 9.97. The molecule has 1 aromatic rings. The van der Waals surface area contributed by atoms with E-state index >= 15 is 0 Å². The molecule has 2 rings (SSSR count). The van der Waals surface area contributed by atoms with Crippen LogP contribution in [0, 0.1) is 5.92 Å². The fourth-order valence-electron chi connectivity index (χ4n) is 2.40. The molecule has 21 heavy (non-hydrogen) atoms. The van der Waals surface area contributed by atoms with Crippen molar-refractivity contribution < 1.29 is 9.59 Å². The summed E-state index contributed by atoms with van der Waals surface area (Å²) in [6.07, 6.45) is 1.61.